The van der Waals surface area contributed by atoms with Crippen molar-refractivity contribution in [2.45, 2.75) is 25.7 Å². The third-order valence-corrected chi connectivity index (χ3v) is 3.27. The molecule has 0 nitrogen and oxygen atoms in total. The molecule has 0 aromatic heterocycles. The molecule has 1 aromatic rings. The van der Waals surface area contributed by atoms with Crippen LogP contribution in [0.4, 0.5) is 0 Å². The van der Waals surface area contributed by atoms with E-state index in [0.717, 1.165) is 0 Å². The van der Waals surface area contributed by atoms with Crippen LogP contribution in [-0.4, -0.2) is 0 Å². The number of rotatable bonds is 0. The van der Waals surface area contributed by atoms with E-state index in [0.29, 0.717) is 0 Å². The zero-order chi connectivity index (χ0) is 9.38. The number of aryl methyl sites for hydroxylation is 1. The highest BCUT2D eigenvalue weighted by Gasteiger charge is 2.17. The van der Waals surface area contributed by atoms with Gasteiger partial charge in [0.2, 0.25) is 0 Å². The van der Waals surface area contributed by atoms with E-state index >= 15 is 0 Å². The fourth-order valence-electron chi connectivity index (χ4n) is 2.56. The quantitative estimate of drug-likeness (QED) is 0.573. The van der Waals surface area contributed by atoms with Crippen LogP contribution in [0.15, 0.2) is 42.0 Å². The van der Waals surface area contributed by atoms with Crippen LogP contribution in [0.5, 0.6) is 0 Å². The van der Waals surface area contributed by atoms with Gasteiger partial charge < -0.3 is 0 Å². The van der Waals surface area contributed by atoms with Gasteiger partial charge in [0.25, 0.3) is 0 Å². The van der Waals surface area contributed by atoms with Crippen molar-refractivity contribution in [2.24, 2.45) is 0 Å². The molecule has 70 valence electrons. The van der Waals surface area contributed by atoms with Crippen LogP contribution < -0.4 is 0 Å². The highest BCUT2D eigenvalue weighted by Crippen LogP contribution is 2.36. The first kappa shape index (κ1) is 8.05. The summed E-state index contributed by atoms with van der Waals surface area (Å²) in [4.78, 5) is 0. The molecule has 2 aliphatic rings. The summed E-state index contributed by atoms with van der Waals surface area (Å²) in [6.45, 7) is 0. The van der Waals surface area contributed by atoms with Gasteiger partial charge >= 0.3 is 0 Å². The Morgan fingerprint density at radius 1 is 0.929 bits per heavy atom. The molecule has 14 heavy (non-hydrogen) atoms. The average molecular weight is 182 g/mol. The Morgan fingerprint density at radius 2 is 1.86 bits per heavy atom. The number of benzene rings is 1. The molecule has 3 rings (SSSR count). The lowest BCUT2D eigenvalue weighted by Crippen LogP contribution is -2.05. The van der Waals surface area contributed by atoms with Gasteiger partial charge in [-0.2, -0.15) is 0 Å². The van der Waals surface area contributed by atoms with Crippen molar-refractivity contribution >= 4 is 5.57 Å². The highest BCUT2D eigenvalue weighted by molar-refractivity contribution is 5.76. The monoisotopic (exact) mass is 182 g/mol. The molecular weight excluding hydrogens is 168 g/mol. The van der Waals surface area contributed by atoms with Crippen LogP contribution in [0.1, 0.15) is 30.4 Å². The maximum Gasteiger partial charge on any atom is -0.0189 e. The molecule has 0 bridgehead atoms. The third kappa shape index (κ3) is 1.14. The van der Waals surface area contributed by atoms with Gasteiger partial charge in [-0.05, 0) is 48.0 Å². The fourth-order valence-corrected chi connectivity index (χ4v) is 2.56. The van der Waals surface area contributed by atoms with Crippen molar-refractivity contribution < 1.29 is 0 Å². The van der Waals surface area contributed by atoms with Gasteiger partial charge in [0.1, 0.15) is 0 Å². The zero-order valence-electron chi connectivity index (χ0n) is 8.29. The topological polar surface area (TPSA) is 0 Å². The summed E-state index contributed by atoms with van der Waals surface area (Å²) in [6, 6.07) is 8.87. The van der Waals surface area contributed by atoms with Gasteiger partial charge in [0.05, 0.1) is 0 Å². The first-order valence-electron chi connectivity index (χ1n) is 5.42. The number of hydrogen-bond donors (Lipinski definition) is 0. The van der Waals surface area contributed by atoms with Crippen molar-refractivity contribution in [1.29, 1.82) is 0 Å². The first-order chi connectivity index (χ1) is 6.95. The number of allylic oxidation sites excluding steroid dienone is 4. The predicted molar refractivity (Wildman–Crippen MR) is 60.1 cm³/mol. The van der Waals surface area contributed by atoms with Crippen molar-refractivity contribution in [1.82, 2.24) is 0 Å². The van der Waals surface area contributed by atoms with Crippen LogP contribution >= 0.6 is 0 Å². The van der Waals surface area contributed by atoms with Crippen molar-refractivity contribution in [3.8, 4) is 0 Å². The zero-order valence-corrected chi connectivity index (χ0v) is 8.29. The molecule has 0 heterocycles. The lowest BCUT2D eigenvalue weighted by Gasteiger charge is -2.24. The van der Waals surface area contributed by atoms with E-state index in [9.17, 15) is 0 Å². The smallest absolute Gasteiger partial charge is 0.0189 e. The lowest BCUT2D eigenvalue weighted by molar-refractivity contribution is 0.897. The molecule has 0 saturated carbocycles. The van der Waals surface area contributed by atoms with E-state index in [1.54, 1.807) is 16.7 Å². The fraction of sp³-hybridized carbons (Fsp3) is 0.286. The molecule has 2 aliphatic carbocycles. The van der Waals surface area contributed by atoms with Gasteiger partial charge in [-0.25, -0.2) is 0 Å². The lowest BCUT2D eigenvalue weighted by atomic mass is 9.81. The van der Waals surface area contributed by atoms with Gasteiger partial charge in [-0.1, -0.05) is 36.4 Å². The van der Waals surface area contributed by atoms with E-state index in [1.807, 2.05) is 0 Å². The predicted octanol–water partition coefficient (Wildman–Crippen LogP) is 3.74. The van der Waals surface area contributed by atoms with Gasteiger partial charge in [0.15, 0.2) is 0 Å². The summed E-state index contributed by atoms with van der Waals surface area (Å²) < 4.78 is 0. The van der Waals surface area contributed by atoms with Crippen LogP contribution in [-0.2, 0) is 6.42 Å². The van der Waals surface area contributed by atoms with E-state index < -0.39 is 0 Å². The second-order valence-electron chi connectivity index (χ2n) is 4.10. The van der Waals surface area contributed by atoms with Crippen molar-refractivity contribution in [2.75, 3.05) is 0 Å². The molecule has 1 aromatic carbocycles. The summed E-state index contributed by atoms with van der Waals surface area (Å²) in [7, 11) is 0. The molecule has 0 N–H and O–H groups in total. The van der Waals surface area contributed by atoms with E-state index in [-0.39, 0.29) is 0 Å². The van der Waals surface area contributed by atoms with E-state index in [4.69, 9.17) is 0 Å². The summed E-state index contributed by atoms with van der Waals surface area (Å²) in [5.41, 5.74) is 6.24. The molecule has 0 fully saturated rings. The summed E-state index contributed by atoms with van der Waals surface area (Å²) in [6.07, 6.45) is 9.56. The van der Waals surface area contributed by atoms with Crippen molar-refractivity contribution in [3.63, 3.8) is 0 Å². The minimum absolute atomic E-state index is 1.22. The molecule has 0 saturated heterocycles. The normalized spacial score (nSPS) is 19.1. The summed E-state index contributed by atoms with van der Waals surface area (Å²) >= 11 is 0. The van der Waals surface area contributed by atoms with Crippen LogP contribution in [0, 0.1) is 0 Å². The Hall–Kier alpha value is -1.30. The molecule has 0 unspecified atom stereocenters. The summed E-state index contributed by atoms with van der Waals surface area (Å²) in [5, 5.41) is 0. The largest absolute Gasteiger partial charge is 0.0839 e. The highest BCUT2D eigenvalue weighted by atomic mass is 14.2. The molecule has 0 aliphatic heterocycles. The summed E-state index contributed by atoms with van der Waals surface area (Å²) in [5.74, 6) is 0. The Morgan fingerprint density at radius 3 is 2.86 bits per heavy atom. The Kier molecular flexibility index (Phi) is 1.80. The van der Waals surface area contributed by atoms with E-state index in [2.05, 4.69) is 36.4 Å². The van der Waals surface area contributed by atoms with Crippen LogP contribution in [0.3, 0.4) is 0 Å². The molecule has 0 atom stereocenters. The SMILES string of the molecule is C1=CC2=C(CC1)c1ccccc1CC2. The van der Waals surface area contributed by atoms with Gasteiger partial charge in [-0.15, -0.1) is 0 Å². The Labute approximate surface area is 85.0 Å². The average Bonchev–Trinajstić information content (AvgIpc) is 2.29. The minimum Gasteiger partial charge on any atom is -0.0839 e. The Balaban J connectivity index is 2.18. The molecule has 0 radical (unpaired) electrons. The minimum atomic E-state index is 1.22. The molecule has 0 spiro atoms. The van der Waals surface area contributed by atoms with Gasteiger partial charge in [0, 0.05) is 0 Å². The molecular formula is C14H14. The third-order valence-electron chi connectivity index (χ3n) is 3.27. The Bertz CT molecular complexity index is 421. The maximum atomic E-state index is 2.33. The second-order valence-corrected chi connectivity index (χ2v) is 4.10. The molecule has 0 heteroatoms. The first-order valence-corrected chi connectivity index (χ1v) is 5.42. The maximum absolute atomic E-state index is 2.33. The second kappa shape index (κ2) is 3.13. The molecule has 0 amide bonds. The van der Waals surface area contributed by atoms with E-state index in [1.165, 1.54) is 31.2 Å². The number of fused-ring (bicyclic) bond motifs is 2. The van der Waals surface area contributed by atoms with Crippen LogP contribution in [0.25, 0.3) is 5.57 Å². The standard InChI is InChI=1S/C14H14/c1-3-7-13-11(5-1)9-10-12-6-2-4-8-14(12)13/h1-3,5-7H,4,8-10H2. The number of hydrogen-bond acceptors (Lipinski definition) is 0. The van der Waals surface area contributed by atoms with Crippen LogP contribution in [0.2, 0.25) is 0 Å². The van der Waals surface area contributed by atoms with Crippen molar-refractivity contribution in [3.05, 3.63) is 53.1 Å². The van der Waals surface area contributed by atoms with Gasteiger partial charge in [-0.3, -0.25) is 0 Å².